The van der Waals surface area contributed by atoms with Gasteiger partial charge in [-0.3, -0.25) is 9.69 Å². The fraction of sp³-hybridized carbons (Fsp3) is 0.933. The van der Waals surface area contributed by atoms with Crippen LogP contribution in [0.4, 0.5) is 0 Å². The van der Waals surface area contributed by atoms with Gasteiger partial charge in [-0.2, -0.15) is 0 Å². The monoisotopic (exact) mass is 285 g/mol. The number of rotatable bonds is 6. The number of hydrogen-bond acceptors (Lipinski definition) is 5. The minimum atomic E-state index is -0.605. The number of hydrogen-bond donors (Lipinski definition) is 1. The van der Waals surface area contributed by atoms with Gasteiger partial charge in [0, 0.05) is 31.7 Å². The highest BCUT2D eigenvalue weighted by Crippen LogP contribution is 2.21. The molecular formula is C15H31N3O2. The lowest BCUT2D eigenvalue weighted by atomic mass is 9.91. The third-order valence-electron chi connectivity index (χ3n) is 4.35. The average molecular weight is 285 g/mol. The first kappa shape index (κ1) is 17.4. The molecule has 1 aliphatic rings. The first-order chi connectivity index (χ1) is 9.34. The van der Waals surface area contributed by atoms with Gasteiger partial charge in [-0.1, -0.05) is 6.92 Å². The highest BCUT2D eigenvalue weighted by Gasteiger charge is 2.37. The third-order valence-corrected chi connectivity index (χ3v) is 4.35. The molecule has 0 bridgehead atoms. The lowest BCUT2D eigenvalue weighted by molar-refractivity contribution is -0.149. The van der Waals surface area contributed by atoms with Crippen molar-refractivity contribution in [3.63, 3.8) is 0 Å². The number of likely N-dealkylation sites (N-methyl/N-ethyl adjacent to an activating group) is 2. The summed E-state index contributed by atoms with van der Waals surface area (Å²) in [7, 11) is 3.62. The summed E-state index contributed by atoms with van der Waals surface area (Å²) in [5.41, 5.74) is -0.605. The molecule has 118 valence electrons. The molecule has 1 heterocycles. The summed E-state index contributed by atoms with van der Waals surface area (Å²) < 4.78 is 4.97. The quantitative estimate of drug-likeness (QED) is 0.736. The average Bonchev–Trinajstić information content (AvgIpc) is 2.37. The van der Waals surface area contributed by atoms with E-state index in [1.54, 1.807) is 0 Å². The van der Waals surface area contributed by atoms with Gasteiger partial charge in [-0.05, 0) is 40.8 Å². The molecule has 1 N–H and O–H groups in total. The Hall–Kier alpha value is -0.650. The van der Waals surface area contributed by atoms with E-state index in [4.69, 9.17) is 4.74 Å². The summed E-state index contributed by atoms with van der Waals surface area (Å²) in [6, 6.07) is 0.870. The van der Waals surface area contributed by atoms with Crippen LogP contribution < -0.4 is 5.32 Å². The number of nitrogens with zero attached hydrogens (tertiary/aromatic N) is 2. The molecule has 0 aromatic heterocycles. The van der Waals surface area contributed by atoms with Crippen molar-refractivity contribution in [1.29, 1.82) is 0 Å². The zero-order valence-electron chi connectivity index (χ0n) is 13.9. The third kappa shape index (κ3) is 4.17. The first-order valence-corrected chi connectivity index (χ1v) is 7.61. The molecule has 0 spiro atoms. The smallest absolute Gasteiger partial charge is 0.325 e. The Morgan fingerprint density at radius 1 is 1.50 bits per heavy atom. The van der Waals surface area contributed by atoms with Gasteiger partial charge in [-0.25, -0.2) is 0 Å². The van der Waals surface area contributed by atoms with Crippen LogP contribution in [-0.4, -0.2) is 73.7 Å². The molecule has 1 aliphatic heterocycles. The van der Waals surface area contributed by atoms with Crippen LogP contribution in [0.5, 0.6) is 0 Å². The predicted octanol–water partition coefficient (Wildman–Crippen LogP) is 0.942. The Morgan fingerprint density at radius 2 is 2.15 bits per heavy atom. The molecule has 5 nitrogen and oxygen atoms in total. The normalized spacial score (nSPS) is 26.0. The van der Waals surface area contributed by atoms with Crippen molar-refractivity contribution in [2.75, 3.05) is 40.3 Å². The minimum absolute atomic E-state index is 0.173. The van der Waals surface area contributed by atoms with E-state index in [9.17, 15) is 4.79 Å². The fourth-order valence-corrected chi connectivity index (χ4v) is 3.36. The molecule has 0 aliphatic carbocycles. The maximum atomic E-state index is 12.1. The molecule has 3 unspecified atom stereocenters. The first-order valence-electron chi connectivity index (χ1n) is 7.61. The summed E-state index contributed by atoms with van der Waals surface area (Å²) in [6.07, 6.45) is 0.765. The lowest BCUT2D eigenvalue weighted by Crippen LogP contribution is -2.58. The van der Waals surface area contributed by atoms with Crippen molar-refractivity contribution in [3.05, 3.63) is 0 Å². The SMILES string of the molecule is CCNC(C)(CC(C)N1CCN(C)CC1C)C(=O)OC. The summed E-state index contributed by atoms with van der Waals surface area (Å²) in [5, 5.41) is 3.29. The van der Waals surface area contributed by atoms with Gasteiger partial charge in [0.2, 0.25) is 0 Å². The van der Waals surface area contributed by atoms with Crippen LogP contribution in [-0.2, 0) is 9.53 Å². The Kier molecular flexibility index (Phi) is 6.43. The zero-order chi connectivity index (χ0) is 15.3. The zero-order valence-corrected chi connectivity index (χ0v) is 13.9. The summed E-state index contributed by atoms with van der Waals surface area (Å²) in [5.74, 6) is -0.173. The largest absolute Gasteiger partial charge is 0.468 e. The molecule has 1 rings (SSSR count). The summed E-state index contributed by atoms with van der Waals surface area (Å²) >= 11 is 0. The topological polar surface area (TPSA) is 44.8 Å². The molecule has 20 heavy (non-hydrogen) atoms. The van der Waals surface area contributed by atoms with Crippen LogP contribution in [0, 0.1) is 0 Å². The fourth-order valence-electron chi connectivity index (χ4n) is 3.36. The van der Waals surface area contributed by atoms with Crippen molar-refractivity contribution in [3.8, 4) is 0 Å². The van der Waals surface area contributed by atoms with E-state index < -0.39 is 5.54 Å². The van der Waals surface area contributed by atoms with E-state index in [0.717, 1.165) is 32.6 Å². The van der Waals surface area contributed by atoms with E-state index in [1.165, 1.54) is 7.11 Å². The molecule has 1 saturated heterocycles. The maximum absolute atomic E-state index is 12.1. The maximum Gasteiger partial charge on any atom is 0.325 e. The molecule has 0 aromatic carbocycles. The standard InChI is InChI=1S/C15H31N3O2/c1-7-16-15(4,14(19)20-6)10-12(2)18-9-8-17(5)11-13(18)3/h12-13,16H,7-11H2,1-6H3. The van der Waals surface area contributed by atoms with Gasteiger partial charge in [0.15, 0.2) is 0 Å². The van der Waals surface area contributed by atoms with Gasteiger partial charge < -0.3 is 15.0 Å². The number of carbonyl (C=O) groups excluding carboxylic acids is 1. The number of esters is 1. The minimum Gasteiger partial charge on any atom is -0.468 e. The number of ether oxygens (including phenoxy) is 1. The van der Waals surface area contributed by atoms with Crippen LogP contribution in [0.25, 0.3) is 0 Å². The van der Waals surface area contributed by atoms with E-state index in [-0.39, 0.29) is 5.97 Å². The van der Waals surface area contributed by atoms with Gasteiger partial charge in [0.1, 0.15) is 5.54 Å². The molecule has 3 atom stereocenters. The highest BCUT2D eigenvalue weighted by molar-refractivity contribution is 5.80. The second kappa shape index (κ2) is 7.38. The highest BCUT2D eigenvalue weighted by atomic mass is 16.5. The van der Waals surface area contributed by atoms with Crippen LogP contribution in [0.3, 0.4) is 0 Å². The molecule has 0 aromatic rings. The molecular weight excluding hydrogens is 254 g/mol. The molecule has 0 amide bonds. The second-order valence-corrected chi connectivity index (χ2v) is 6.26. The van der Waals surface area contributed by atoms with E-state index >= 15 is 0 Å². The summed E-state index contributed by atoms with van der Waals surface area (Å²) in [6.45, 7) is 12.4. The van der Waals surface area contributed by atoms with Gasteiger partial charge >= 0.3 is 5.97 Å². The van der Waals surface area contributed by atoms with Crippen molar-refractivity contribution in [2.45, 2.75) is 51.7 Å². The van der Waals surface area contributed by atoms with Crippen LogP contribution in [0.15, 0.2) is 0 Å². The van der Waals surface area contributed by atoms with Gasteiger partial charge in [0.25, 0.3) is 0 Å². The molecule has 0 saturated carbocycles. The number of methoxy groups -OCH3 is 1. The van der Waals surface area contributed by atoms with Crippen molar-refractivity contribution >= 4 is 5.97 Å². The van der Waals surface area contributed by atoms with E-state index in [1.807, 2.05) is 13.8 Å². The van der Waals surface area contributed by atoms with Crippen LogP contribution in [0.1, 0.15) is 34.1 Å². The van der Waals surface area contributed by atoms with Crippen LogP contribution in [0.2, 0.25) is 0 Å². The van der Waals surface area contributed by atoms with Crippen molar-refractivity contribution in [2.24, 2.45) is 0 Å². The number of piperazine rings is 1. The Morgan fingerprint density at radius 3 is 2.65 bits per heavy atom. The predicted molar refractivity (Wildman–Crippen MR) is 81.8 cm³/mol. The van der Waals surface area contributed by atoms with E-state index in [2.05, 4.69) is 36.0 Å². The second-order valence-electron chi connectivity index (χ2n) is 6.26. The molecule has 5 heteroatoms. The van der Waals surface area contributed by atoms with Crippen LogP contribution >= 0.6 is 0 Å². The Balaban J connectivity index is 2.70. The van der Waals surface area contributed by atoms with Crippen molar-refractivity contribution < 1.29 is 9.53 Å². The van der Waals surface area contributed by atoms with Gasteiger partial charge in [0.05, 0.1) is 7.11 Å². The Bertz CT molecular complexity index is 324. The number of nitrogens with one attached hydrogen (secondary N) is 1. The number of carbonyl (C=O) groups is 1. The molecule has 1 fully saturated rings. The van der Waals surface area contributed by atoms with Gasteiger partial charge in [-0.15, -0.1) is 0 Å². The lowest BCUT2D eigenvalue weighted by Gasteiger charge is -2.44. The van der Waals surface area contributed by atoms with Crippen molar-refractivity contribution in [1.82, 2.24) is 15.1 Å². The molecule has 0 radical (unpaired) electrons. The summed E-state index contributed by atoms with van der Waals surface area (Å²) in [4.78, 5) is 16.9. The van der Waals surface area contributed by atoms with E-state index in [0.29, 0.717) is 12.1 Å². The Labute approximate surface area is 123 Å².